The van der Waals surface area contributed by atoms with Gasteiger partial charge < -0.3 is 9.64 Å². The van der Waals surface area contributed by atoms with E-state index in [0.717, 1.165) is 56.2 Å². The fraction of sp³-hybridized carbons (Fsp3) is 0.379. The van der Waals surface area contributed by atoms with Gasteiger partial charge in [-0.1, -0.05) is 24.3 Å². The molecule has 7 heteroatoms. The molecular weight excluding hydrogens is 468 g/mol. The maximum atomic E-state index is 13.8. The third-order valence-corrected chi connectivity index (χ3v) is 6.89. The van der Waals surface area contributed by atoms with Crippen molar-refractivity contribution < 1.29 is 22.3 Å². The predicted molar refractivity (Wildman–Crippen MR) is 133 cm³/mol. The Morgan fingerprint density at radius 2 is 1.42 bits per heavy atom. The molecule has 1 fully saturated rings. The Hall–Kier alpha value is -2.90. The van der Waals surface area contributed by atoms with Crippen molar-refractivity contribution in [3.63, 3.8) is 0 Å². The van der Waals surface area contributed by atoms with Crippen molar-refractivity contribution in [1.29, 1.82) is 0 Å². The quantitative estimate of drug-likeness (QED) is 0.307. The minimum Gasteiger partial charge on any atom is -0.489 e. The first-order valence-corrected chi connectivity index (χ1v) is 12.4. The summed E-state index contributed by atoms with van der Waals surface area (Å²) < 4.78 is 59.2. The molecule has 0 spiro atoms. The first-order valence-electron chi connectivity index (χ1n) is 12.4. The molecule has 1 atom stereocenters. The van der Waals surface area contributed by atoms with E-state index in [1.54, 1.807) is 0 Å². The topological polar surface area (TPSA) is 15.7 Å². The standard InChI is InChI=1S/C29H32F4N2O/c1-21-20-34(15-16-35(21)17-18-36-29-13-12-26(32)19-28(29)33)14-2-3-27(22-4-8-24(30)9-5-22)23-6-10-25(31)11-7-23/h4-13,19,21,27H,2-3,14-18,20H2,1H3/t21-/m0/s1. The molecule has 0 amide bonds. The molecule has 0 bridgehead atoms. The number of rotatable bonds is 10. The minimum absolute atomic E-state index is 0.0690. The van der Waals surface area contributed by atoms with Crippen LogP contribution in [0.2, 0.25) is 0 Å². The first kappa shape index (κ1) is 26.2. The molecule has 4 rings (SSSR count). The summed E-state index contributed by atoms with van der Waals surface area (Å²) in [6, 6.07) is 16.8. The highest BCUT2D eigenvalue weighted by Crippen LogP contribution is 2.30. The van der Waals surface area contributed by atoms with E-state index in [1.165, 1.54) is 36.4 Å². The van der Waals surface area contributed by atoms with Crippen LogP contribution in [-0.4, -0.2) is 55.2 Å². The number of piperazine rings is 1. The largest absolute Gasteiger partial charge is 0.489 e. The van der Waals surface area contributed by atoms with Crippen molar-refractivity contribution >= 4 is 0 Å². The molecule has 0 aliphatic carbocycles. The molecule has 1 heterocycles. The maximum absolute atomic E-state index is 13.8. The molecule has 1 aliphatic rings. The van der Waals surface area contributed by atoms with Crippen LogP contribution in [0.15, 0.2) is 66.7 Å². The van der Waals surface area contributed by atoms with Crippen LogP contribution < -0.4 is 4.74 Å². The highest BCUT2D eigenvalue weighted by molar-refractivity contribution is 5.32. The minimum atomic E-state index is -0.688. The van der Waals surface area contributed by atoms with Gasteiger partial charge in [-0.15, -0.1) is 0 Å². The molecule has 0 radical (unpaired) electrons. The van der Waals surface area contributed by atoms with Gasteiger partial charge in [0.25, 0.3) is 0 Å². The Labute approximate surface area is 210 Å². The normalized spacial score (nSPS) is 17.0. The fourth-order valence-electron chi connectivity index (χ4n) is 4.91. The van der Waals surface area contributed by atoms with E-state index in [1.807, 2.05) is 24.3 Å². The van der Waals surface area contributed by atoms with Gasteiger partial charge in [0.2, 0.25) is 0 Å². The Balaban J connectivity index is 1.25. The molecule has 0 saturated carbocycles. The Morgan fingerprint density at radius 3 is 2.00 bits per heavy atom. The molecule has 3 aromatic carbocycles. The highest BCUT2D eigenvalue weighted by Gasteiger charge is 2.24. The van der Waals surface area contributed by atoms with Crippen LogP contribution in [0.3, 0.4) is 0 Å². The second-order valence-corrected chi connectivity index (χ2v) is 9.41. The Morgan fingerprint density at radius 1 is 0.806 bits per heavy atom. The summed E-state index contributed by atoms with van der Waals surface area (Å²) in [6.07, 6.45) is 1.84. The van der Waals surface area contributed by atoms with Crippen LogP contribution in [0.1, 0.15) is 36.8 Å². The van der Waals surface area contributed by atoms with Gasteiger partial charge >= 0.3 is 0 Å². The maximum Gasteiger partial charge on any atom is 0.167 e. The molecule has 192 valence electrons. The van der Waals surface area contributed by atoms with E-state index in [0.29, 0.717) is 19.2 Å². The van der Waals surface area contributed by atoms with Crippen molar-refractivity contribution in [3.8, 4) is 5.75 Å². The van der Waals surface area contributed by atoms with E-state index in [-0.39, 0.29) is 23.3 Å². The molecule has 1 saturated heterocycles. The van der Waals surface area contributed by atoms with Crippen LogP contribution in [0.4, 0.5) is 17.6 Å². The van der Waals surface area contributed by atoms with Crippen molar-refractivity contribution in [1.82, 2.24) is 9.80 Å². The second kappa shape index (κ2) is 12.4. The summed E-state index contributed by atoms with van der Waals surface area (Å²) in [4.78, 5) is 4.76. The van der Waals surface area contributed by atoms with Crippen LogP contribution in [0, 0.1) is 23.3 Å². The monoisotopic (exact) mass is 500 g/mol. The molecule has 3 aromatic rings. The number of nitrogens with zero attached hydrogens (tertiary/aromatic N) is 2. The third-order valence-electron chi connectivity index (χ3n) is 6.89. The van der Waals surface area contributed by atoms with E-state index in [2.05, 4.69) is 16.7 Å². The molecule has 3 nitrogen and oxygen atoms in total. The number of ether oxygens (including phenoxy) is 1. The van der Waals surface area contributed by atoms with Gasteiger partial charge in [0.15, 0.2) is 11.6 Å². The third kappa shape index (κ3) is 7.08. The number of benzene rings is 3. The average molecular weight is 501 g/mol. The summed E-state index contributed by atoms with van der Waals surface area (Å²) in [7, 11) is 0. The van der Waals surface area contributed by atoms with Crippen molar-refractivity contribution in [2.45, 2.75) is 31.7 Å². The zero-order chi connectivity index (χ0) is 25.5. The first-order chi connectivity index (χ1) is 17.4. The van der Waals surface area contributed by atoms with Crippen LogP contribution >= 0.6 is 0 Å². The highest BCUT2D eigenvalue weighted by atomic mass is 19.1. The molecule has 36 heavy (non-hydrogen) atoms. The van der Waals surface area contributed by atoms with Gasteiger partial charge in [-0.3, -0.25) is 4.90 Å². The summed E-state index contributed by atoms with van der Waals surface area (Å²) in [5, 5.41) is 0. The fourth-order valence-corrected chi connectivity index (χ4v) is 4.91. The summed E-state index contributed by atoms with van der Waals surface area (Å²) in [6.45, 7) is 6.84. The Bertz CT molecular complexity index is 1060. The molecule has 0 unspecified atom stereocenters. The van der Waals surface area contributed by atoms with Gasteiger partial charge in [0.1, 0.15) is 24.1 Å². The van der Waals surface area contributed by atoms with Gasteiger partial charge in [-0.2, -0.15) is 0 Å². The van der Waals surface area contributed by atoms with E-state index >= 15 is 0 Å². The lowest BCUT2D eigenvalue weighted by atomic mass is 9.87. The van der Waals surface area contributed by atoms with Crippen LogP contribution in [0.25, 0.3) is 0 Å². The van der Waals surface area contributed by atoms with Gasteiger partial charge in [0, 0.05) is 44.2 Å². The Kier molecular flexibility index (Phi) is 8.99. The average Bonchev–Trinajstić information content (AvgIpc) is 2.86. The lowest BCUT2D eigenvalue weighted by Gasteiger charge is -2.40. The van der Waals surface area contributed by atoms with Gasteiger partial charge in [-0.05, 0) is 73.8 Å². The van der Waals surface area contributed by atoms with Crippen LogP contribution in [-0.2, 0) is 0 Å². The lowest BCUT2D eigenvalue weighted by molar-refractivity contribution is 0.0702. The molecule has 0 N–H and O–H groups in total. The van der Waals surface area contributed by atoms with Crippen molar-refractivity contribution in [2.24, 2.45) is 0 Å². The lowest BCUT2D eigenvalue weighted by Crippen LogP contribution is -2.52. The van der Waals surface area contributed by atoms with E-state index in [9.17, 15) is 17.6 Å². The van der Waals surface area contributed by atoms with Crippen molar-refractivity contribution in [3.05, 3.63) is 101 Å². The molecule has 0 aromatic heterocycles. The summed E-state index contributed by atoms with van der Waals surface area (Å²) >= 11 is 0. The van der Waals surface area contributed by atoms with E-state index in [4.69, 9.17) is 4.74 Å². The summed E-state index contributed by atoms with van der Waals surface area (Å²) in [5.74, 6) is -1.69. The number of hydrogen-bond acceptors (Lipinski definition) is 3. The van der Waals surface area contributed by atoms with Gasteiger partial charge in [0.05, 0.1) is 0 Å². The van der Waals surface area contributed by atoms with Crippen molar-refractivity contribution in [2.75, 3.05) is 39.3 Å². The summed E-state index contributed by atoms with van der Waals surface area (Å²) in [5.41, 5.74) is 2.05. The van der Waals surface area contributed by atoms with E-state index < -0.39 is 11.6 Å². The van der Waals surface area contributed by atoms with Crippen LogP contribution in [0.5, 0.6) is 5.75 Å². The van der Waals surface area contributed by atoms with Gasteiger partial charge in [-0.25, -0.2) is 17.6 Å². The molecular formula is C29H32F4N2O. The molecule has 1 aliphatic heterocycles. The second-order valence-electron chi connectivity index (χ2n) is 9.41. The number of halogens is 4. The number of hydrogen-bond donors (Lipinski definition) is 0. The SMILES string of the molecule is C[C@H]1CN(CCCC(c2ccc(F)cc2)c2ccc(F)cc2)CCN1CCOc1ccc(F)cc1F. The smallest absolute Gasteiger partial charge is 0.167 e. The zero-order valence-corrected chi connectivity index (χ0v) is 20.5. The zero-order valence-electron chi connectivity index (χ0n) is 20.5. The predicted octanol–water partition coefficient (Wildman–Crippen LogP) is 6.24.